The number of aromatic nitrogens is 2. The van der Waals surface area contributed by atoms with Crippen molar-refractivity contribution in [3.63, 3.8) is 0 Å². The fourth-order valence-electron chi connectivity index (χ4n) is 3.14. The number of methoxy groups -OCH3 is 1. The molecule has 0 saturated carbocycles. The molecule has 2 aromatic rings. The van der Waals surface area contributed by atoms with E-state index in [0.29, 0.717) is 5.92 Å². The van der Waals surface area contributed by atoms with E-state index < -0.39 is 0 Å². The summed E-state index contributed by atoms with van der Waals surface area (Å²) >= 11 is 0. The Morgan fingerprint density at radius 1 is 1.23 bits per heavy atom. The smallest absolute Gasteiger partial charge is 0.225 e. The molecule has 0 bridgehead atoms. The van der Waals surface area contributed by atoms with Gasteiger partial charge in [0.15, 0.2) is 0 Å². The lowest BCUT2D eigenvalue weighted by molar-refractivity contribution is 0.387. The number of ether oxygens (including phenoxy) is 1. The van der Waals surface area contributed by atoms with Crippen LogP contribution in [0.4, 0.5) is 5.95 Å². The maximum absolute atomic E-state index is 5.30. The Labute approximate surface area is 132 Å². The number of hydrogen-bond donors (Lipinski definition) is 0. The highest BCUT2D eigenvalue weighted by atomic mass is 16.5. The van der Waals surface area contributed by atoms with E-state index in [9.17, 15) is 0 Å². The molecule has 1 atom stereocenters. The summed E-state index contributed by atoms with van der Waals surface area (Å²) in [6, 6.07) is 10.3. The molecule has 0 spiro atoms. The van der Waals surface area contributed by atoms with Crippen LogP contribution in [0.3, 0.4) is 0 Å². The predicted octanol–water partition coefficient (Wildman–Crippen LogP) is 3.33. The van der Waals surface area contributed by atoms with Crippen molar-refractivity contribution in [1.82, 2.24) is 9.97 Å². The van der Waals surface area contributed by atoms with Gasteiger partial charge in [-0.3, -0.25) is 0 Å². The normalized spacial score (nSPS) is 18.2. The minimum absolute atomic E-state index is 0.712. The second kappa shape index (κ2) is 7.25. The third-order valence-electron chi connectivity index (χ3n) is 4.33. The molecule has 4 nitrogen and oxygen atoms in total. The van der Waals surface area contributed by atoms with E-state index in [4.69, 9.17) is 4.74 Å². The van der Waals surface area contributed by atoms with Gasteiger partial charge in [0.25, 0.3) is 0 Å². The van der Waals surface area contributed by atoms with Gasteiger partial charge >= 0.3 is 0 Å². The van der Waals surface area contributed by atoms with Crippen LogP contribution in [0, 0.1) is 5.92 Å². The Balaban J connectivity index is 1.56. The van der Waals surface area contributed by atoms with Gasteiger partial charge in [-0.05, 0) is 55.4 Å². The number of aryl methyl sites for hydroxylation is 1. The Kier molecular flexibility index (Phi) is 4.88. The van der Waals surface area contributed by atoms with Crippen LogP contribution in [0.15, 0.2) is 42.7 Å². The Hall–Kier alpha value is -2.10. The Morgan fingerprint density at radius 2 is 2.09 bits per heavy atom. The molecule has 1 aromatic heterocycles. The first-order chi connectivity index (χ1) is 10.8. The predicted molar refractivity (Wildman–Crippen MR) is 88.3 cm³/mol. The number of benzene rings is 1. The molecular weight excluding hydrogens is 274 g/mol. The molecule has 1 saturated heterocycles. The van der Waals surface area contributed by atoms with Crippen LogP contribution in [-0.4, -0.2) is 30.2 Å². The van der Waals surface area contributed by atoms with Crippen molar-refractivity contribution < 1.29 is 4.74 Å². The van der Waals surface area contributed by atoms with E-state index in [1.54, 1.807) is 7.11 Å². The fourth-order valence-corrected chi connectivity index (χ4v) is 3.14. The lowest BCUT2D eigenvalue weighted by Crippen LogP contribution is -2.36. The highest BCUT2D eigenvalue weighted by Gasteiger charge is 2.21. The molecule has 2 heterocycles. The minimum Gasteiger partial charge on any atom is -0.497 e. The van der Waals surface area contributed by atoms with Crippen molar-refractivity contribution in [2.75, 3.05) is 25.1 Å². The molecule has 1 fully saturated rings. The molecule has 0 aliphatic carbocycles. The molecule has 0 amide bonds. The summed E-state index contributed by atoms with van der Waals surface area (Å²) in [5.41, 5.74) is 1.35. The van der Waals surface area contributed by atoms with E-state index in [0.717, 1.165) is 31.2 Å². The van der Waals surface area contributed by atoms with E-state index in [1.165, 1.54) is 24.8 Å². The quantitative estimate of drug-likeness (QED) is 0.848. The molecule has 0 N–H and O–H groups in total. The summed E-state index contributed by atoms with van der Waals surface area (Å²) in [5, 5.41) is 0. The van der Waals surface area contributed by atoms with E-state index in [1.807, 2.05) is 24.5 Å². The SMILES string of the molecule is COc1cccc(CCC2CCCN(c3ncccn3)C2)c1. The van der Waals surface area contributed by atoms with Gasteiger partial charge in [0, 0.05) is 25.5 Å². The highest BCUT2D eigenvalue weighted by Crippen LogP contribution is 2.24. The van der Waals surface area contributed by atoms with Gasteiger partial charge in [0.2, 0.25) is 5.95 Å². The first kappa shape index (κ1) is 14.8. The average molecular weight is 297 g/mol. The molecule has 0 radical (unpaired) electrons. The summed E-state index contributed by atoms with van der Waals surface area (Å²) in [4.78, 5) is 11.1. The van der Waals surface area contributed by atoms with Crippen LogP contribution >= 0.6 is 0 Å². The topological polar surface area (TPSA) is 38.2 Å². The van der Waals surface area contributed by atoms with Gasteiger partial charge in [-0.2, -0.15) is 0 Å². The molecule has 3 rings (SSSR count). The van der Waals surface area contributed by atoms with Crippen LogP contribution < -0.4 is 9.64 Å². The van der Waals surface area contributed by atoms with E-state index in [-0.39, 0.29) is 0 Å². The standard InChI is InChI=1S/C18H23N3O/c1-22-17-7-2-5-15(13-17)8-9-16-6-3-12-21(14-16)18-19-10-4-11-20-18/h2,4-5,7,10-11,13,16H,3,6,8-9,12,14H2,1H3. The zero-order chi connectivity index (χ0) is 15.2. The summed E-state index contributed by atoms with van der Waals surface area (Å²) in [5.74, 6) is 2.53. The molecule has 4 heteroatoms. The third-order valence-corrected chi connectivity index (χ3v) is 4.33. The number of rotatable bonds is 5. The van der Waals surface area contributed by atoms with Gasteiger partial charge < -0.3 is 9.64 Å². The summed E-state index contributed by atoms with van der Waals surface area (Å²) in [6.45, 7) is 2.13. The van der Waals surface area contributed by atoms with Crippen LogP contribution in [0.1, 0.15) is 24.8 Å². The number of nitrogens with zero attached hydrogens (tertiary/aromatic N) is 3. The maximum atomic E-state index is 5.30. The molecule has 1 aliphatic rings. The first-order valence-electron chi connectivity index (χ1n) is 8.00. The van der Waals surface area contributed by atoms with Crippen LogP contribution in [0.5, 0.6) is 5.75 Å². The molecule has 22 heavy (non-hydrogen) atoms. The molecule has 1 unspecified atom stereocenters. The second-order valence-electron chi connectivity index (χ2n) is 5.89. The summed E-state index contributed by atoms with van der Waals surface area (Å²) in [6.07, 6.45) is 8.47. The average Bonchev–Trinajstić information content (AvgIpc) is 2.61. The Bertz CT molecular complexity index is 588. The zero-order valence-corrected chi connectivity index (χ0v) is 13.1. The maximum Gasteiger partial charge on any atom is 0.225 e. The van der Waals surface area contributed by atoms with E-state index >= 15 is 0 Å². The minimum atomic E-state index is 0.712. The van der Waals surface area contributed by atoms with Crippen LogP contribution in [-0.2, 0) is 6.42 Å². The van der Waals surface area contributed by atoms with Gasteiger partial charge in [-0.15, -0.1) is 0 Å². The van der Waals surface area contributed by atoms with Crippen LogP contribution in [0.25, 0.3) is 0 Å². The third kappa shape index (κ3) is 3.75. The molecular formula is C18H23N3O. The van der Waals surface area contributed by atoms with E-state index in [2.05, 4.69) is 33.1 Å². The van der Waals surface area contributed by atoms with Gasteiger partial charge in [-0.25, -0.2) is 9.97 Å². The summed E-state index contributed by atoms with van der Waals surface area (Å²) < 4.78 is 5.30. The van der Waals surface area contributed by atoms with Crippen molar-refractivity contribution in [3.8, 4) is 5.75 Å². The molecule has 116 valence electrons. The first-order valence-corrected chi connectivity index (χ1v) is 8.00. The number of hydrogen-bond acceptors (Lipinski definition) is 4. The number of anilines is 1. The van der Waals surface area contributed by atoms with Crippen molar-refractivity contribution in [2.45, 2.75) is 25.7 Å². The van der Waals surface area contributed by atoms with Crippen LogP contribution in [0.2, 0.25) is 0 Å². The summed E-state index contributed by atoms with van der Waals surface area (Å²) in [7, 11) is 1.72. The van der Waals surface area contributed by atoms with Gasteiger partial charge in [-0.1, -0.05) is 12.1 Å². The zero-order valence-electron chi connectivity index (χ0n) is 13.1. The molecule has 1 aliphatic heterocycles. The van der Waals surface area contributed by atoms with Crippen molar-refractivity contribution in [3.05, 3.63) is 48.3 Å². The van der Waals surface area contributed by atoms with Crippen molar-refractivity contribution in [1.29, 1.82) is 0 Å². The van der Waals surface area contributed by atoms with Gasteiger partial charge in [0.05, 0.1) is 7.11 Å². The monoisotopic (exact) mass is 297 g/mol. The van der Waals surface area contributed by atoms with Gasteiger partial charge in [0.1, 0.15) is 5.75 Å². The highest BCUT2D eigenvalue weighted by molar-refractivity contribution is 5.30. The number of piperidine rings is 1. The largest absolute Gasteiger partial charge is 0.497 e. The van der Waals surface area contributed by atoms with Crippen molar-refractivity contribution in [2.24, 2.45) is 5.92 Å². The molecule has 1 aromatic carbocycles. The second-order valence-corrected chi connectivity index (χ2v) is 5.89. The Morgan fingerprint density at radius 3 is 2.91 bits per heavy atom. The lowest BCUT2D eigenvalue weighted by atomic mass is 9.92. The van der Waals surface area contributed by atoms with Crippen molar-refractivity contribution >= 4 is 5.95 Å². The fraction of sp³-hybridized carbons (Fsp3) is 0.444. The lowest BCUT2D eigenvalue weighted by Gasteiger charge is -2.32.